The van der Waals surface area contributed by atoms with Gasteiger partial charge in [-0.05, 0) is 61.8 Å². The number of aliphatic hydroxyl groups is 1. The third kappa shape index (κ3) is 7.20. The molecule has 40 heavy (non-hydrogen) atoms. The number of nitrogens with one attached hydrogen (secondary N) is 2. The van der Waals surface area contributed by atoms with Crippen molar-refractivity contribution in [2.45, 2.75) is 71.1 Å². The Labute approximate surface area is 237 Å². The van der Waals surface area contributed by atoms with Crippen molar-refractivity contribution in [2.75, 3.05) is 50.7 Å². The SMILES string of the molecule is CC(C)CCC(O)C(=O)N1CC(=O)C2C1CCN2C(=O)CC(C)CCNC(=O)c1ccc(N2CCNCC2)cc1. The summed E-state index contributed by atoms with van der Waals surface area (Å²) < 4.78 is 0. The van der Waals surface area contributed by atoms with Crippen molar-refractivity contribution < 1.29 is 24.3 Å². The third-order valence-corrected chi connectivity index (χ3v) is 8.39. The number of Topliss-reactive ketones (excluding diaryl/α,β-unsaturated/α-hetero) is 1. The minimum absolute atomic E-state index is 0.0223. The molecule has 10 heteroatoms. The first-order valence-corrected chi connectivity index (χ1v) is 14.8. The summed E-state index contributed by atoms with van der Waals surface area (Å²) in [4.78, 5) is 56.8. The predicted molar refractivity (Wildman–Crippen MR) is 153 cm³/mol. The molecule has 3 amide bonds. The molecule has 0 bridgehead atoms. The number of piperazine rings is 1. The third-order valence-electron chi connectivity index (χ3n) is 8.39. The number of amides is 3. The van der Waals surface area contributed by atoms with Crippen molar-refractivity contribution in [1.82, 2.24) is 20.4 Å². The van der Waals surface area contributed by atoms with Crippen molar-refractivity contribution in [2.24, 2.45) is 11.8 Å². The number of aliphatic hydroxyl groups excluding tert-OH is 1. The number of anilines is 1. The van der Waals surface area contributed by atoms with Gasteiger partial charge < -0.3 is 30.4 Å². The van der Waals surface area contributed by atoms with E-state index in [0.29, 0.717) is 43.8 Å². The largest absolute Gasteiger partial charge is 0.383 e. The average Bonchev–Trinajstić information content (AvgIpc) is 3.53. The first-order chi connectivity index (χ1) is 19.2. The Bertz CT molecular complexity index is 1060. The van der Waals surface area contributed by atoms with Crippen molar-refractivity contribution in [3.05, 3.63) is 29.8 Å². The molecule has 4 atom stereocenters. The predicted octanol–water partition coefficient (Wildman–Crippen LogP) is 1.42. The Kier molecular flexibility index (Phi) is 10.2. The van der Waals surface area contributed by atoms with E-state index >= 15 is 0 Å². The van der Waals surface area contributed by atoms with E-state index in [1.165, 1.54) is 4.90 Å². The van der Waals surface area contributed by atoms with Gasteiger partial charge in [-0.25, -0.2) is 0 Å². The van der Waals surface area contributed by atoms with Crippen LogP contribution >= 0.6 is 0 Å². The normalized spacial score (nSPS) is 22.4. The number of rotatable bonds is 11. The quantitative estimate of drug-likeness (QED) is 0.378. The van der Waals surface area contributed by atoms with Gasteiger partial charge in [-0.2, -0.15) is 0 Å². The van der Waals surface area contributed by atoms with Crippen molar-refractivity contribution in [3.8, 4) is 0 Å². The molecule has 0 aliphatic carbocycles. The minimum atomic E-state index is -1.11. The molecule has 3 saturated heterocycles. The van der Waals surface area contributed by atoms with Gasteiger partial charge >= 0.3 is 0 Å². The summed E-state index contributed by atoms with van der Waals surface area (Å²) in [7, 11) is 0. The summed E-state index contributed by atoms with van der Waals surface area (Å²) in [6.07, 6.45) is 1.45. The monoisotopic (exact) mass is 555 g/mol. The lowest BCUT2D eigenvalue weighted by Crippen LogP contribution is -2.45. The summed E-state index contributed by atoms with van der Waals surface area (Å²) in [6, 6.07) is 6.68. The first kappa shape index (κ1) is 30.0. The molecule has 3 aliphatic rings. The molecule has 1 aromatic rings. The van der Waals surface area contributed by atoms with Gasteiger partial charge in [-0.15, -0.1) is 0 Å². The molecule has 3 heterocycles. The van der Waals surface area contributed by atoms with Crippen molar-refractivity contribution >= 4 is 29.2 Å². The summed E-state index contributed by atoms with van der Waals surface area (Å²) in [6.45, 7) is 10.7. The van der Waals surface area contributed by atoms with Crippen LogP contribution in [0.2, 0.25) is 0 Å². The minimum Gasteiger partial charge on any atom is -0.383 e. The zero-order valence-corrected chi connectivity index (χ0v) is 24.1. The molecule has 3 fully saturated rings. The van der Waals surface area contributed by atoms with E-state index in [1.807, 2.05) is 45.0 Å². The maximum atomic E-state index is 13.1. The number of benzene rings is 1. The van der Waals surface area contributed by atoms with Crippen LogP contribution in [-0.2, 0) is 14.4 Å². The Morgan fingerprint density at radius 1 is 1.00 bits per heavy atom. The fraction of sp³-hybridized carbons (Fsp3) is 0.667. The van der Waals surface area contributed by atoms with Crippen LogP contribution in [-0.4, -0.2) is 102 Å². The van der Waals surface area contributed by atoms with Gasteiger partial charge in [0, 0.05) is 56.9 Å². The van der Waals surface area contributed by atoms with Gasteiger partial charge in [-0.1, -0.05) is 20.8 Å². The van der Waals surface area contributed by atoms with E-state index in [2.05, 4.69) is 15.5 Å². The number of carbonyl (C=O) groups is 4. The fourth-order valence-corrected chi connectivity index (χ4v) is 5.99. The molecule has 0 saturated carbocycles. The highest BCUT2D eigenvalue weighted by molar-refractivity contribution is 5.98. The van der Waals surface area contributed by atoms with E-state index < -0.39 is 18.1 Å². The number of hydrogen-bond acceptors (Lipinski definition) is 7. The standard InChI is InChI=1S/C30H45N5O5/c1-20(2)4-9-25(36)30(40)35-19-26(37)28-24(35)11-15-34(28)27(38)18-21(3)10-12-32-29(39)22-5-7-23(8-6-22)33-16-13-31-14-17-33/h5-8,20-21,24-25,28,31,36H,4,9-19H2,1-3H3,(H,32,39). The van der Waals surface area contributed by atoms with Crippen LogP contribution in [0.3, 0.4) is 0 Å². The lowest BCUT2D eigenvalue weighted by Gasteiger charge is -2.29. The molecule has 3 aliphatic heterocycles. The maximum Gasteiger partial charge on any atom is 0.252 e. The summed E-state index contributed by atoms with van der Waals surface area (Å²) in [5.41, 5.74) is 1.73. The second-order valence-electron chi connectivity index (χ2n) is 11.9. The Balaban J connectivity index is 1.21. The Hall–Kier alpha value is -2.98. The molecule has 4 rings (SSSR count). The summed E-state index contributed by atoms with van der Waals surface area (Å²) in [5, 5.41) is 16.7. The van der Waals surface area contributed by atoms with Crippen LogP contribution in [0.25, 0.3) is 0 Å². The molecule has 0 spiro atoms. The summed E-state index contributed by atoms with van der Waals surface area (Å²) >= 11 is 0. The van der Waals surface area contributed by atoms with Crippen LogP contribution in [0.4, 0.5) is 5.69 Å². The number of fused-ring (bicyclic) bond motifs is 1. The fourth-order valence-electron chi connectivity index (χ4n) is 5.99. The van der Waals surface area contributed by atoms with Gasteiger partial charge in [0.05, 0.1) is 12.6 Å². The van der Waals surface area contributed by atoms with E-state index in [-0.39, 0.29) is 42.5 Å². The molecular weight excluding hydrogens is 510 g/mol. The molecule has 10 nitrogen and oxygen atoms in total. The number of nitrogens with zero attached hydrogens (tertiary/aromatic N) is 3. The lowest BCUT2D eigenvalue weighted by atomic mass is 10.0. The highest BCUT2D eigenvalue weighted by Gasteiger charge is 2.51. The zero-order chi connectivity index (χ0) is 28.8. The Morgan fingerprint density at radius 3 is 2.38 bits per heavy atom. The highest BCUT2D eigenvalue weighted by atomic mass is 16.3. The van der Waals surface area contributed by atoms with Gasteiger partial charge in [0.2, 0.25) is 5.91 Å². The lowest BCUT2D eigenvalue weighted by molar-refractivity contribution is -0.142. The van der Waals surface area contributed by atoms with Crippen molar-refractivity contribution in [3.63, 3.8) is 0 Å². The van der Waals surface area contributed by atoms with Crippen molar-refractivity contribution in [1.29, 1.82) is 0 Å². The van der Waals surface area contributed by atoms with Crippen LogP contribution in [0, 0.1) is 11.8 Å². The number of ketones is 1. The second-order valence-corrected chi connectivity index (χ2v) is 11.9. The molecule has 3 N–H and O–H groups in total. The first-order valence-electron chi connectivity index (χ1n) is 14.8. The van der Waals surface area contributed by atoms with Gasteiger partial charge in [0.25, 0.3) is 11.8 Å². The highest BCUT2D eigenvalue weighted by Crippen LogP contribution is 2.31. The number of likely N-dealkylation sites (tertiary alicyclic amines) is 2. The van der Waals surface area contributed by atoms with Crippen LogP contribution in [0.1, 0.15) is 63.2 Å². The van der Waals surface area contributed by atoms with Gasteiger partial charge in [0.15, 0.2) is 5.78 Å². The molecule has 220 valence electrons. The Morgan fingerprint density at radius 2 is 1.70 bits per heavy atom. The zero-order valence-electron chi connectivity index (χ0n) is 24.1. The van der Waals surface area contributed by atoms with Crippen LogP contribution < -0.4 is 15.5 Å². The summed E-state index contributed by atoms with van der Waals surface area (Å²) in [5.74, 6) is -0.377. The molecule has 0 aromatic heterocycles. The van der Waals surface area contributed by atoms with E-state index in [4.69, 9.17) is 0 Å². The van der Waals surface area contributed by atoms with Crippen LogP contribution in [0.5, 0.6) is 0 Å². The van der Waals surface area contributed by atoms with Gasteiger partial charge in [-0.3, -0.25) is 19.2 Å². The number of carbonyl (C=O) groups excluding carboxylic acids is 4. The van der Waals surface area contributed by atoms with Crippen LogP contribution in [0.15, 0.2) is 24.3 Å². The van der Waals surface area contributed by atoms with E-state index in [0.717, 1.165) is 38.3 Å². The van der Waals surface area contributed by atoms with Gasteiger partial charge in [0.1, 0.15) is 12.1 Å². The van der Waals surface area contributed by atoms with E-state index in [1.54, 1.807) is 4.90 Å². The molecular formula is C30H45N5O5. The smallest absolute Gasteiger partial charge is 0.252 e. The second kappa shape index (κ2) is 13.6. The molecule has 4 unspecified atom stereocenters. The topological polar surface area (TPSA) is 122 Å². The average molecular weight is 556 g/mol. The molecule has 1 aromatic carbocycles. The van der Waals surface area contributed by atoms with E-state index in [9.17, 15) is 24.3 Å². The maximum absolute atomic E-state index is 13.1. The molecule has 0 radical (unpaired) electrons. The number of hydrogen-bond donors (Lipinski definition) is 3.